The molecule has 0 radical (unpaired) electrons. The number of hydrogen-bond donors (Lipinski definition) is 3. The van der Waals surface area contributed by atoms with Gasteiger partial charge in [0.2, 0.25) is 0 Å². The Morgan fingerprint density at radius 3 is 2.49 bits per heavy atom. The molecular weight excluding hydrogens is 444 g/mol. The molecule has 0 aliphatic heterocycles. The molecule has 1 aliphatic rings. The maximum Gasteiger partial charge on any atom is 0.338 e. The molecule has 188 valence electrons. The summed E-state index contributed by atoms with van der Waals surface area (Å²) in [5.41, 5.74) is 0.267. The van der Waals surface area contributed by atoms with Crippen molar-refractivity contribution >= 4 is 11.9 Å². The van der Waals surface area contributed by atoms with Gasteiger partial charge in [0.25, 0.3) is 0 Å². The van der Waals surface area contributed by atoms with E-state index in [9.17, 15) is 24.9 Å². The molecule has 1 fully saturated rings. The summed E-state index contributed by atoms with van der Waals surface area (Å²) in [7, 11) is 0. The van der Waals surface area contributed by atoms with E-state index in [1.807, 2.05) is 36.4 Å². The molecule has 0 amide bonds. The molecule has 1 unspecified atom stereocenters. The van der Waals surface area contributed by atoms with Crippen LogP contribution in [-0.2, 0) is 9.53 Å². The molecule has 0 bridgehead atoms. The van der Waals surface area contributed by atoms with Gasteiger partial charge in [0, 0.05) is 0 Å². The number of carboxylic acid groups (broad SMARTS) is 1. The third kappa shape index (κ3) is 6.51. The van der Waals surface area contributed by atoms with Crippen LogP contribution in [0.15, 0.2) is 66.4 Å². The van der Waals surface area contributed by atoms with E-state index in [0.29, 0.717) is 18.8 Å². The molecule has 0 heterocycles. The lowest BCUT2D eigenvalue weighted by atomic mass is 9.83. The zero-order chi connectivity index (χ0) is 25.4. The Kier molecular flexibility index (Phi) is 9.10. The fraction of sp³-hybridized carbons (Fsp3) is 0.448. The smallest absolute Gasteiger partial charge is 0.338 e. The highest BCUT2D eigenvalue weighted by Crippen LogP contribution is 2.45. The van der Waals surface area contributed by atoms with Gasteiger partial charge in [-0.05, 0) is 54.5 Å². The van der Waals surface area contributed by atoms with E-state index < -0.39 is 36.0 Å². The van der Waals surface area contributed by atoms with Crippen LogP contribution in [0.25, 0.3) is 11.1 Å². The highest BCUT2D eigenvalue weighted by molar-refractivity contribution is 5.91. The van der Waals surface area contributed by atoms with Crippen molar-refractivity contribution in [3.8, 4) is 11.1 Å². The normalized spacial score (nSPS) is 23.1. The molecule has 6 nitrogen and oxygen atoms in total. The third-order valence-corrected chi connectivity index (χ3v) is 6.94. The molecular formula is C29H36O6. The summed E-state index contributed by atoms with van der Waals surface area (Å²) in [4.78, 5) is 25.1. The number of aliphatic carboxylic acids is 1. The van der Waals surface area contributed by atoms with Crippen LogP contribution in [0.3, 0.4) is 0 Å². The zero-order valence-corrected chi connectivity index (χ0v) is 20.5. The molecule has 3 rings (SSSR count). The summed E-state index contributed by atoms with van der Waals surface area (Å²) in [6.45, 7) is 4.23. The predicted octanol–water partition coefficient (Wildman–Crippen LogP) is 6.15. The number of carbonyl (C=O) groups excluding carboxylic acids is 1. The second-order valence-electron chi connectivity index (χ2n) is 9.62. The molecule has 35 heavy (non-hydrogen) atoms. The Morgan fingerprint density at radius 2 is 1.80 bits per heavy atom. The number of esters is 1. The van der Waals surface area contributed by atoms with E-state index in [-0.39, 0.29) is 17.7 Å². The van der Waals surface area contributed by atoms with Crippen LogP contribution in [0.4, 0.5) is 0 Å². The van der Waals surface area contributed by atoms with E-state index in [0.717, 1.165) is 30.4 Å². The molecule has 0 spiro atoms. The molecule has 4 atom stereocenters. The van der Waals surface area contributed by atoms with E-state index >= 15 is 0 Å². The van der Waals surface area contributed by atoms with Gasteiger partial charge in [0.1, 0.15) is 0 Å². The molecule has 3 N–H and O–H groups in total. The number of benzene rings is 2. The lowest BCUT2D eigenvalue weighted by molar-refractivity contribution is -0.151. The Morgan fingerprint density at radius 1 is 1.09 bits per heavy atom. The van der Waals surface area contributed by atoms with Gasteiger partial charge in [-0.25, -0.2) is 4.79 Å². The number of ether oxygens (including phenoxy) is 1. The average molecular weight is 481 g/mol. The summed E-state index contributed by atoms with van der Waals surface area (Å²) < 4.78 is 5.83. The fourth-order valence-corrected chi connectivity index (χ4v) is 4.92. The van der Waals surface area contributed by atoms with Gasteiger partial charge >= 0.3 is 11.9 Å². The lowest BCUT2D eigenvalue weighted by Crippen LogP contribution is -2.49. The molecule has 6 heteroatoms. The monoisotopic (exact) mass is 480 g/mol. The van der Waals surface area contributed by atoms with Crippen LogP contribution in [-0.4, -0.2) is 39.0 Å². The van der Waals surface area contributed by atoms with Crippen LogP contribution in [0.1, 0.15) is 69.2 Å². The Labute approximate surface area is 207 Å². The van der Waals surface area contributed by atoms with Crippen molar-refractivity contribution in [2.45, 2.75) is 70.5 Å². The van der Waals surface area contributed by atoms with Gasteiger partial charge < -0.3 is 20.1 Å². The fourth-order valence-electron chi connectivity index (χ4n) is 4.92. The lowest BCUT2D eigenvalue weighted by Gasteiger charge is -2.36. The third-order valence-electron chi connectivity index (χ3n) is 6.94. The summed E-state index contributed by atoms with van der Waals surface area (Å²) in [5.74, 6) is -2.37. The van der Waals surface area contributed by atoms with E-state index in [2.05, 4.69) is 13.8 Å². The van der Waals surface area contributed by atoms with E-state index in [1.54, 1.807) is 24.3 Å². The number of unbranched alkanes of at least 4 members (excludes halogenated alkanes) is 1. The van der Waals surface area contributed by atoms with Gasteiger partial charge in [0.15, 0.2) is 5.60 Å². The number of aliphatic hydroxyl groups is 2. The van der Waals surface area contributed by atoms with Crippen molar-refractivity contribution in [3.05, 3.63) is 72.0 Å². The Hall–Kier alpha value is -3.12. The molecule has 2 aromatic carbocycles. The average Bonchev–Trinajstić information content (AvgIpc) is 3.16. The summed E-state index contributed by atoms with van der Waals surface area (Å²) in [6.07, 6.45) is 4.33. The standard InChI is InChI=1S/C29H36O6/c1-3-4-9-20(2)14-16-25(30)24-15-17-26(31)29(24,19-27(32)33)35-28(34)23-13-8-12-22(18-23)21-10-6-5-7-11-21/h5-8,10-13,16,18,20,24,26,30-31H,3-4,9,14-15,17,19H2,1-2H3,(H,32,33)/t20?,24-,26+,29+/m0/s1. The van der Waals surface area contributed by atoms with Crippen LogP contribution < -0.4 is 0 Å². The Bertz CT molecular complexity index is 1030. The zero-order valence-electron chi connectivity index (χ0n) is 20.5. The first-order valence-corrected chi connectivity index (χ1v) is 12.4. The van der Waals surface area contributed by atoms with E-state index in [4.69, 9.17) is 4.74 Å². The number of aliphatic hydroxyl groups excluding tert-OH is 2. The minimum atomic E-state index is -1.74. The van der Waals surface area contributed by atoms with Gasteiger partial charge in [-0.3, -0.25) is 4.79 Å². The number of allylic oxidation sites excluding steroid dienone is 1. The van der Waals surface area contributed by atoms with Crippen molar-refractivity contribution in [1.82, 2.24) is 0 Å². The van der Waals surface area contributed by atoms with Crippen LogP contribution in [0, 0.1) is 11.8 Å². The highest BCUT2D eigenvalue weighted by atomic mass is 16.6. The van der Waals surface area contributed by atoms with Gasteiger partial charge in [-0.1, -0.05) is 75.6 Å². The van der Waals surface area contributed by atoms with E-state index in [1.165, 1.54) is 0 Å². The molecule has 1 saturated carbocycles. The van der Waals surface area contributed by atoms with Crippen LogP contribution in [0.2, 0.25) is 0 Å². The van der Waals surface area contributed by atoms with Crippen LogP contribution >= 0.6 is 0 Å². The maximum atomic E-state index is 13.2. The molecule has 0 saturated heterocycles. The SMILES string of the molecule is CCCCC(C)CC=C(O)[C@@H]1CC[C@@H](O)[C@]1(CC(=O)O)OC(=O)c1cccc(-c2ccccc2)c1. The number of carbonyl (C=O) groups is 2. The number of hydrogen-bond acceptors (Lipinski definition) is 5. The largest absolute Gasteiger partial charge is 0.512 e. The van der Waals surface area contributed by atoms with Crippen molar-refractivity contribution in [2.75, 3.05) is 0 Å². The van der Waals surface area contributed by atoms with Crippen molar-refractivity contribution in [2.24, 2.45) is 11.8 Å². The molecule has 2 aromatic rings. The van der Waals surface area contributed by atoms with Gasteiger partial charge in [-0.2, -0.15) is 0 Å². The first-order valence-electron chi connectivity index (χ1n) is 12.4. The summed E-state index contributed by atoms with van der Waals surface area (Å²) >= 11 is 0. The first kappa shape index (κ1) is 26.5. The minimum absolute atomic E-state index is 0.0167. The second kappa shape index (κ2) is 12.0. The number of rotatable bonds is 11. The number of carboxylic acids is 1. The topological polar surface area (TPSA) is 104 Å². The van der Waals surface area contributed by atoms with Crippen molar-refractivity contribution in [1.29, 1.82) is 0 Å². The predicted molar refractivity (Wildman–Crippen MR) is 135 cm³/mol. The van der Waals surface area contributed by atoms with Crippen molar-refractivity contribution in [3.63, 3.8) is 0 Å². The molecule has 0 aromatic heterocycles. The van der Waals surface area contributed by atoms with Gasteiger partial charge in [0.05, 0.1) is 29.8 Å². The minimum Gasteiger partial charge on any atom is -0.512 e. The second-order valence-corrected chi connectivity index (χ2v) is 9.62. The summed E-state index contributed by atoms with van der Waals surface area (Å²) in [6, 6.07) is 16.5. The maximum absolute atomic E-state index is 13.2. The van der Waals surface area contributed by atoms with Crippen molar-refractivity contribution < 1.29 is 29.6 Å². The van der Waals surface area contributed by atoms with Crippen LogP contribution in [0.5, 0.6) is 0 Å². The molecule has 1 aliphatic carbocycles. The summed E-state index contributed by atoms with van der Waals surface area (Å²) in [5, 5.41) is 31.4. The first-order chi connectivity index (χ1) is 16.8. The highest BCUT2D eigenvalue weighted by Gasteiger charge is 2.56. The van der Waals surface area contributed by atoms with Gasteiger partial charge in [-0.15, -0.1) is 0 Å². The quantitative estimate of drug-likeness (QED) is 0.263. The Balaban J connectivity index is 1.87.